The number of ketones is 2. The third-order valence-electron chi connectivity index (χ3n) is 3.69. The average molecular weight is 360 g/mol. The van der Waals surface area contributed by atoms with Crippen molar-refractivity contribution in [3.05, 3.63) is 47.5 Å². The molecular formula is C19H20O5S. The van der Waals surface area contributed by atoms with Crippen molar-refractivity contribution in [1.29, 1.82) is 0 Å². The molecule has 5 nitrogen and oxygen atoms in total. The Kier molecular flexibility index (Phi) is 6.47. The van der Waals surface area contributed by atoms with E-state index in [9.17, 15) is 9.59 Å². The molecule has 2 aromatic rings. The summed E-state index contributed by atoms with van der Waals surface area (Å²) in [5, 5.41) is 0. The molecule has 0 saturated carbocycles. The fourth-order valence-corrected chi connectivity index (χ4v) is 2.81. The van der Waals surface area contributed by atoms with Gasteiger partial charge in [0.1, 0.15) is 0 Å². The van der Waals surface area contributed by atoms with Gasteiger partial charge in [0.05, 0.1) is 21.3 Å². The Morgan fingerprint density at radius 2 is 1.48 bits per heavy atom. The average Bonchev–Trinajstić information content (AvgIpc) is 2.66. The minimum absolute atomic E-state index is 0.0418. The Labute approximate surface area is 151 Å². The van der Waals surface area contributed by atoms with Crippen LogP contribution in [-0.4, -0.2) is 39.2 Å². The van der Waals surface area contributed by atoms with Crippen LogP contribution >= 0.6 is 11.8 Å². The van der Waals surface area contributed by atoms with Gasteiger partial charge in [0.15, 0.2) is 11.5 Å². The van der Waals surface area contributed by atoms with Crippen molar-refractivity contribution in [3.8, 4) is 17.2 Å². The summed E-state index contributed by atoms with van der Waals surface area (Å²) in [6, 6.07) is 10.3. The molecule has 0 aliphatic heterocycles. The summed E-state index contributed by atoms with van der Waals surface area (Å²) in [6.07, 6.45) is 1.91. The third kappa shape index (κ3) is 4.33. The van der Waals surface area contributed by atoms with Gasteiger partial charge in [0, 0.05) is 16.9 Å². The molecule has 2 rings (SSSR count). The van der Waals surface area contributed by atoms with Crippen LogP contribution in [0.3, 0.4) is 0 Å². The van der Waals surface area contributed by atoms with Gasteiger partial charge >= 0.3 is 0 Å². The molecule has 0 amide bonds. The summed E-state index contributed by atoms with van der Waals surface area (Å²) in [7, 11) is 4.51. The van der Waals surface area contributed by atoms with Crippen LogP contribution in [0.5, 0.6) is 17.2 Å². The fourth-order valence-electron chi connectivity index (χ4n) is 2.41. The molecule has 0 bridgehead atoms. The van der Waals surface area contributed by atoms with Crippen LogP contribution < -0.4 is 14.2 Å². The molecule has 0 saturated heterocycles. The number of methoxy groups -OCH3 is 3. The summed E-state index contributed by atoms with van der Waals surface area (Å²) < 4.78 is 15.8. The summed E-state index contributed by atoms with van der Waals surface area (Å²) in [5.41, 5.74) is 1.00. The first-order valence-electron chi connectivity index (χ1n) is 7.54. The molecule has 0 aliphatic carbocycles. The van der Waals surface area contributed by atoms with E-state index in [2.05, 4.69) is 0 Å². The summed E-state index contributed by atoms with van der Waals surface area (Å²) >= 11 is 1.58. The maximum atomic E-state index is 12.4. The quantitative estimate of drug-likeness (QED) is 0.408. The van der Waals surface area contributed by atoms with Crippen LogP contribution in [0.1, 0.15) is 15.9 Å². The van der Waals surface area contributed by atoms with Crippen molar-refractivity contribution in [1.82, 2.24) is 0 Å². The Balaban J connectivity index is 2.22. The molecule has 0 atom stereocenters. The lowest BCUT2D eigenvalue weighted by Crippen LogP contribution is -2.16. The second kappa shape index (κ2) is 8.58. The molecular weight excluding hydrogens is 340 g/mol. The molecule has 0 fully saturated rings. The zero-order chi connectivity index (χ0) is 18.4. The second-order valence-electron chi connectivity index (χ2n) is 5.19. The van der Waals surface area contributed by atoms with E-state index >= 15 is 0 Å². The van der Waals surface area contributed by atoms with E-state index in [1.807, 2.05) is 18.4 Å². The lowest BCUT2D eigenvalue weighted by atomic mass is 10.0. The molecule has 0 aromatic heterocycles. The van der Waals surface area contributed by atoms with Crippen molar-refractivity contribution < 1.29 is 23.8 Å². The highest BCUT2D eigenvalue weighted by molar-refractivity contribution is 7.98. The van der Waals surface area contributed by atoms with Gasteiger partial charge in [-0.3, -0.25) is 9.59 Å². The lowest BCUT2D eigenvalue weighted by molar-refractivity contribution is -0.114. The van der Waals surface area contributed by atoms with Gasteiger partial charge in [-0.05, 0) is 48.2 Å². The minimum Gasteiger partial charge on any atom is -0.493 e. The maximum absolute atomic E-state index is 12.4. The number of Topliss-reactive ketones (excluding diaryl/α,β-unsaturated/α-hetero) is 2. The SMILES string of the molecule is COc1cc(CC(=O)C(=O)c2ccc(SC)cc2)cc(OC)c1OC. The van der Waals surface area contributed by atoms with E-state index in [-0.39, 0.29) is 6.42 Å². The lowest BCUT2D eigenvalue weighted by Gasteiger charge is -2.13. The van der Waals surface area contributed by atoms with Gasteiger partial charge in [0.2, 0.25) is 17.3 Å². The summed E-state index contributed by atoms with van der Waals surface area (Å²) in [5.74, 6) is 0.329. The number of thioether (sulfide) groups is 1. The van der Waals surface area contributed by atoms with Crippen molar-refractivity contribution in [2.75, 3.05) is 27.6 Å². The normalized spacial score (nSPS) is 10.2. The predicted molar refractivity (Wildman–Crippen MR) is 97.4 cm³/mol. The smallest absolute Gasteiger partial charge is 0.228 e. The molecule has 0 radical (unpaired) electrons. The molecule has 0 heterocycles. The van der Waals surface area contributed by atoms with Gasteiger partial charge in [-0.2, -0.15) is 0 Å². The monoisotopic (exact) mass is 360 g/mol. The van der Waals surface area contributed by atoms with Crippen LogP contribution in [0.4, 0.5) is 0 Å². The Bertz CT molecular complexity index is 743. The highest BCUT2D eigenvalue weighted by Gasteiger charge is 2.19. The minimum atomic E-state index is -0.513. The molecule has 25 heavy (non-hydrogen) atoms. The van der Waals surface area contributed by atoms with E-state index < -0.39 is 11.6 Å². The van der Waals surface area contributed by atoms with E-state index in [1.165, 1.54) is 21.3 Å². The van der Waals surface area contributed by atoms with Crippen LogP contribution in [0, 0.1) is 0 Å². The fraction of sp³-hybridized carbons (Fsp3) is 0.263. The van der Waals surface area contributed by atoms with Crippen molar-refractivity contribution in [2.24, 2.45) is 0 Å². The Morgan fingerprint density at radius 3 is 1.92 bits per heavy atom. The largest absolute Gasteiger partial charge is 0.493 e. The highest BCUT2D eigenvalue weighted by Crippen LogP contribution is 2.38. The van der Waals surface area contributed by atoms with Crippen molar-refractivity contribution in [2.45, 2.75) is 11.3 Å². The standard InChI is InChI=1S/C19H20O5S/c1-22-16-10-12(11-17(23-2)19(16)24-3)9-15(20)18(21)13-5-7-14(25-4)8-6-13/h5-8,10-11H,9H2,1-4H3. The summed E-state index contributed by atoms with van der Waals surface area (Å²) in [4.78, 5) is 25.7. The topological polar surface area (TPSA) is 61.8 Å². The van der Waals surface area contributed by atoms with Gasteiger partial charge in [0.25, 0.3) is 0 Å². The number of benzene rings is 2. The molecule has 0 aliphatic rings. The highest BCUT2D eigenvalue weighted by atomic mass is 32.2. The van der Waals surface area contributed by atoms with E-state index in [0.717, 1.165) is 4.90 Å². The number of rotatable bonds is 8. The first-order valence-corrected chi connectivity index (χ1v) is 8.77. The predicted octanol–water partition coefficient (Wildman–Crippen LogP) is 3.43. The number of hydrogen-bond acceptors (Lipinski definition) is 6. The van der Waals surface area contributed by atoms with E-state index in [4.69, 9.17) is 14.2 Å². The van der Waals surface area contributed by atoms with Crippen LogP contribution in [0.2, 0.25) is 0 Å². The van der Waals surface area contributed by atoms with Gasteiger partial charge in [-0.1, -0.05) is 0 Å². The van der Waals surface area contributed by atoms with E-state index in [0.29, 0.717) is 28.4 Å². The maximum Gasteiger partial charge on any atom is 0.228 e. The van der Waals surface area contributed by atoms with Gasteiger partial charge in [-0.25, -0.2) is 0 Å². The summed E-state index contributed by atoms with van der Waals surface area (Å²) in [6.45, 7) is 0. The molecule has 0 unspecified atom stereocenters. The number of ether oxygens (including phenoxy) is 3. The zero-order valence-electron chi connectivity index (χ0n) is 14.6. The molecule has 2 aromatic carbocycles. The van der Waals surface area contributed by atoms with E-state index in [1.54, 1.807) is 36.0 Å². The molecule has 0 spiro atoms. The van der Waals surface area contributed by atoms with Crippen LogP contribution in [0.25, 0.3) is 0 Å². The number of carbonyl (C=O) groups is 2. The Morgan fingerprint density at radius 1 is 0.920 bits per heavy atom. The van der Waals surface area contributed by atoms with Crippen molar-refractivity contribution >= 4 is 23.3 Å². The first-order chi connectivity index (χ1) is 12.0. The van der Waals surface area contributed by atoms with Crippen LogP contribution in [0.15, 0.2) is 41.3 Å². The Hall–Kier alpha value is -2.47. The number of carbonyl (C=O) groups excluding carboxylic acids is 2. The number of hydrogen-bond donors (Lipinski definition) is 0. The second-order valence-corrected chi connectivity index (χ2v) is 6.07. The molecule has 132 valence electrons. The van der Waals surface area contributed by atoms with Gasteiger partial charge < -0.3 is 14.2 Å². The third-order valence-corrected chi connectivity index (χ3v) is 4.44. The zero-order valence-corrected chi connectivity index (χ0v) is 15.4. The first kappa shape index (κ1) is 18.9. The van der Waals surface area contributed by atoms with Gasteiger partial charge in [-0.15, -0.1) is 11.8 Å². The van der Waals surface area contributed by atoms with Crippen molar-refractivity contribution in [3.63, 3.8) is 0 Å². The van der Waals surface area contributed by atoms with Crippen LogP contribution in [-0.2, 0) is 11.2 Å². The molecule has 0 N–H and O–H groups in total. The molecule has 6 heteroatoms.